The van der Waals surface area contributed by atoms with Gasteiger partial charge in [0.05, 0.1) is 11.8 Å². The maximum atomic E-state index is 11.6. The van der Waals surface area contributed by atoms with E-state index in [1.165, 1.54) is 18.7 Å². The van der Waals surface area contributed by atoms with Crippen molar-refractivity contribution >= 4 is 5.78 Å². The lowest BCUT2D eigenvalue weighted by Crippen LogP contribution is -1.99. The Morgan fingerprint density at radius 1 is 1.31 bits per heavy atom. The highest BCUT2D eigenvalue weighted by Crippen LogP contribution is 2.06. The first-order chi connectivity index (χ1) is 6.38. The van der Waals surface area contributed by atoms with Gasteiger partial charge in [0.2, 0.25) is 0 Å². The van der Waals surface area contributed by atoms with Crippen molar-refractivity contribution in [3.8, 4) is 0 Å². The van der Waals surface area contributed by atoms with E-state index in [-0.39, 0.29) is 5.78 Å². The molecule has 0 N–H and O–H groups in total. The summed E-state index contributed by atoms with van der Waals surface area (Å²) in [5.74, 6) is -0.130. The molecular formula is C9H6N2O2. The van der Waals surface area contributed by atoms with Crippen LogP contribution in [0.2, 0.25) is 0 Å². The van der Waals surface area contributed by atoms with Crippen LogP contribution in [0.4, 0.5) is 0 Å². The summed E-state index contributed by atoms with van der Waals surface area (Å²) >= 11 is 0. The molecule has 0 amide bonds. The molecule has 0 bridgehead atoms. The molecule has 0 atom stereocenters. The van der Waals surface area contributed by atoms with Crippen LogP contribution in [0.25, 0.3) is 0 Å². The Balaban J connectivity index is 2.34. The second-order valence-corrected chi connectivity index (χ2v) is 2.48. The molecule has 2 aromatic heterocycles. The molecule has 4 nitrogen and oxygen atoms in total. The van der Waals surface area contributed by atoms with Crippen LogP contribution in [0.15, 0.2) is 41.5 Å². The minimum Gasteiger partial charge on any atom is -0.364 e. The van der Waals surface area contributed by atoms with Gasteiger partial charge in [0, 0.05) is 18.0 Å². The smallest absolute Gasteiger partial charge is 0.199 e. The van der Waals surface area contributed by atoms with Gasteiger partial charge in [0.25, 0.3) is 0 Å². The Labute approximate surface area is 74.2 Å². The molecule has 2 heterocycles. The highest BCUT2D eigenvalue weighted by Gasteiger charge is 2.09. The highest BCUT2D eigenvalue weighted by molar-refractivity contribution is 6.08. The topological polar surface area (TPSA) is 56.0 Å². The van der Waals surface area contributed by atoms with Crippen molar-refractivity contribution < 1.29 is 9.32 Å². The van der Waals surface area contributed by atoms with Crippen LogP contribution in [0, 0.1) is 0 Å². The maximum Gasteiger partial charge on any atom is 0.199 e. The summed E-state index contributed by atoms with van der Waals surface area (Å²) in [5, 5.41) is 3.45. The van der Waals surface area contributed by atoms with E-state index < -0.39 is 0 Å². The summed E-state index contributed by atoms with van der Waals surface area (Å²) < 4.78 is 4.57. The van der Waals surface area contributed by atoms with E-state index in [1.54, 1.807) is 18.3 Å². The number of pyridine rings is 1. The van der Waals surface area contributed by atoms with Gasteiger partial charge in [-0.1, -0.05) is 5.16 Å². The first kappa shape index (κ1) is 7.67. The minimum absolute atomic E-state index is 0.130. The first-order valence-corrected chi connectivity index (χ1v) is 3.72. The van der Waals surface area contributed by atoms with Crippen LogP contribution >= 0.6 is 0 Å². The quantitative estimate of drug-likeness (QED) is 0.644. The lowest BCUT2D eigenvalue weighted by Gasteiger charge is -1.93. The van der Waals surface area contributed by atoms with E-state index in [0.29, 0.717) is 11.1 Å². The fraction of sp³-hybridized carbons (Fsp3) is 0. The zero-order valence-electron chi connectivity index (χ0n) is 6.68. The molecule has 64 valence electrons. The van der Waals surface area contributed by atoms with Gasteiger partial charge in [-0.25, -0.2) is 0 Å². The molecule has 0 aliphatic rings. The van der Waals surface area contributed by atoms with Crippen LogP contribution < -0.4 is 0 Å². The third-order valence-electron chi connectivity index (χ3n) is 1.62. The summed E-state index contributed by atoms with van der Waals surface area (Å²) in [5.41, 5.74) is 0.971. The summed E-state index contributed by atoms with van der Waals surface area (Å²) in [6.45, 7) is 0. The number of hydrogen-bond acceptors (Lipinski definition) is 4. The van der Waals surface area contributed by atoms with E-state index in [4.69, 9.17) is 0 Å². The Morgan fingerprint density at radius 2 is 2.23 bits per heavy atom. The van der Waals surface area contributed by atoms with E-state index in [0.717, 1.165) is 0 Å². The molecule has 0 saturated heterocycles. The predicted octanol–water partition coefficient (Wildman–Crippen LogP) is 1.30. The van der Waals surface area contributed by atoms with Crippen molar-refractivity contribution in [2.75, 3.05) is 0 Å². The van der Waals surface area contributed by atoms with Gasteiger partial charge in [-0.3, -0.25) is 9.78 Å². The number of ketones is 1. The molecule has 13 heavy (non-hydrogen) atoms. The molecule has 0 radical (unpaired) electrons. The Morgan fingerprint density at radius 3 is 2.85 bits per heavy atom. The van der Waals surface area contributed by atoms with Gasteiger partial charge < -0.3 is 4.52 Å². The van der Waals surface area contributed by atoms with Gasteiger partial charge in [0.1, 0.15) is 6.26 Å². The fourth-order valence-electron chi connectivity index (χ4n) is 0.981. The largest absolute Gasteiger partial charge is 0.364 e. The van der Waals surface area contributed by atoms with Crippen molar-refractivity contribution in [3.63, 3.8) is 0 Å². The van der Waals surface area contributed by atoms with Gasteiger partial charge in [-0.05, 0) is 12.1 Å². The maximum absolute atomic E-state index is 11.6. The highest BCUT2D eigenvalue weighted by atomic mass is 16.5. The van der Waals surface area contributed by atoms with Crippen molar-refractivity contribution in [2.24, 2.45) is 0 Å². The number of aromatic nitrogens is 2. The number of hydrogen-bond donors (Lipinski definition) is 0. The molecule has 0 aromatic carbocycles. The van der Waals surface area contributed by atoms with E-state index in [9.17, 15) is 4.79 Å². The zero-order chi connectivity index (χ0) is 9.10. The summed E-state index contributed by atoms with van der Waals surface area (Å²) in [7, 11) is 0. The lowest BCUT2D eigenvalue weighted by atomic mass is 10.1. The number of carbonyl (C=O) groups excluding carboxylic acids is 1. The first-order valence-electron chi connectivity index (χ1n) is 3.72. The Kier molecular flexibility index (Phi) is 1.88. The van der Waals surface area contributed by atoms with E-state index >= 15 is 0 Å². The van der Waals surface area contributed by atoms with Gasteiger partial charge >= 0.3 is 0 Å². The molecule has 0 unspecified atom stereocenters. The SMILES string of the molecule is O=C(c1cccnc1)c1cnoc1. The van der Waals surface area contributed by atoms with Gasteiger partial charge in [0.15, 0.2) is 5.78 Å². The molecule has 4 heteroatoms. The van der Waals surface area contributed by atoms with Crippen LogP contribution in [0.5, 0.6) is 0 Å². The van der Waals surface area contributed by atoms with Crippen molar-refractivity contribution in [1.29, 1.82) is 0 Å². The molecule has 0 fully saturated rings. The van der Waals surface area contributed by atoms with E-state index in [2.05, 4.69) is 14.7 Å². The third-order valence-corrected chi connectivity index (χ3v) is 1.62. The van der Waals surface area contributed by atoms with Crippen molar-refractivity contribution in [1.82, 2.24) is 10.1 Å². The molecule has 2 rings (SSSR count). The summed E-state index contributed by atoms with van der Waals surface area (Å²) in [6.07, 6.45) is 5.82. The standard InChI is InChI=1S/C9H6N2O2/c12-9(8-5-11-13-6-8)7-2-1-3-10-4-7/h1-6H. The van der Waals surface area contributed by atoms with E-state index in [1.807, 2.05) is 0 Å². The second kappa shape index (κ2) is 3.18. The normalized spacial score (nSPS) is 9.85. The number of carbonyl (C=O) groups is 1. The third kappa shape index (κ3) is 1.46. The fourth-order valence-corrected chi connectivity index (χ4v) is 0.981. The molecule has 0 aliphatic heterocycles. The molecule has 2 aromatic rings. The van der Waals surface area contributed by atoms with Crippen molar-refractivity contribution in [3.05, 3.63) is 48.1 Å². The van der Waals surface area contributed by atoms with Crippen LogP contribution in [0.3, 0.4) is 0 Å². The van der Waals surface area contributed by atoms with Crippen LogP contribution in [-0.4, -0.2) is 15.9 Å². The average molecular weight is 174 g/mol. The molecular weight excluding hydrogens is 168 g/mol. The molecule has 0 saturated carbocycles. The second-order valence-electron chi connectivity index (χ2n) is 2.48. The van der Waals surface area contributed by atoms with Crippen molar-refractivity contribution in [2.45, 2.75) is 0 Å². The summed E-state index contributed by atoms with van der Waals surface area (Å²) in [4.78, 5) is 15.4. The lowest BCUT2D eigenvalue weighted by molar-refractivity contribution is 0.103. The minimum atomic E-state index is -0.130. The Hall–Kier alpha value is -1.97. The monoisotopic (exact) mass is 174 g/mol. The predicted molar refractivity (Wildman–Crippen MR) is 44.2 cm³/mol. The van der Waals surface area contributed by atoms with Gasteiger partial charge in [-0.2, -0.15) is 0 Å². The van der Waals surface area contributed by atoms with Crippen LogP contribution in [-0.2, 0) is 0 Å². The molecule has 0 aliphatic carbocycles. The van der Waals surface area contributed by atoms with Crippen LogP contribution in [0.1, 0.15) is 15.9 Å². The molecule has 0 spiro atoms. The van der Waals surface area contributed by atoms with Gasteiger partial charge in [-0.15, -0.1) is 0 Å². The zero-order valence-corrected chi connectivity index (χ0v) is 6.68. The summed E-state index contributed by atoms with van der Waals surface area (Å²) in [6, 6.07) is 3.41. The average Bonchev–Trinajstić information content (AvgIpc) is 2.71. The Bertz CT molecular complexity index is 395. The number of nitrogens with zero attached hydrogens (tertiary/aromatic N) is 2. The number of rotatable bonds is 2.